The number of carbonyl (C=O) groups is 1. The van der Waals surface area contributed by atoms with Crippen LogP contribution in [0.1, 0.15) is 25.2 Å². The van der Waals surface area contributed by atoms with E-state index in [0.29, 0.717) is 6.61 Å². The summed E-state index contributed by atoms with van der Waals surface area (Å²) in [5.74, 6) is 1.67. The number of pyridine rings is 1. The molecule has 3 rings (SSSR count). The molecule has 0 atom stereocenters. The summed E-state index contributed by atoms with van der Waals surface area (Å²) < 4.78 is 10.1. The Morgan fingerprint density at radius 3 is 2.64 bits per heavy atom. The highest BCUT2D eigenvalue weighted by Crippen LogP contribution is 2.19. The lowest BCUT2D eigenvalue weighted by molar-refractivity contribution is -0.141. The Kier molecular flexibility index (Phi) is 9.33. The first-order chi connectivity index (χ1) is 13.6. The second-order valence-electron chi connectivity index (χ2n) is 5.80. The van der Waals surface area contributed by atoms with Gasteiger partial charge in [0.15, 0.2) is 0 Å². The molecule has 3 aromatic rings. The van der Waals surface area contributed by atoms with Crippen molar-refractivity contribution >= 4 is 41.6 Å². The van der Waals surface area contributed by atoms with Crippen LogP contribution in [-0.2, 0) is 16.1 Å². The summed E-state index contributed by atoms with van der Waals surface area (Å²) >= 11 is 5.21. The number of nitrogens with zero attached hydrogens (tertiary/aromatic N) is 3. The second kappa shape index (κ2) is 11.7. The Balaban J connectivity index is 0.000000878. The summed E-state index contributed by atoms with van der Waals surface area (Å²) in [5.41, 5.74) is 3.19. The van der Waals surface area contributed by atoms with Crippen LogP contribution >= 0.6 is 24.6 Å². The largest absolute Gasteiger partial charge is 0.465 e. The van der Waals surface area contributed by atoms with Crippen molar-refractivity contribution in [3.63, 3.8) is 0 Å². The maximum Gasteiger partial charge on any atom is 0.320 e. The fraction of sp³-hybridized carbons (Fsp3) is 0.350. The van der Waals surface area contributed by atoms with Gasteiger partial charge in [0.1, 0.15) is 17.9 Å². The average molecular weight is 419 g/mol. The molecule has 0 spiro atoms. The molecule has 0 unspecified atom stereocenters. The molecule has 0 bridgehead atoms. The topological polar surface area (TPSA) is 69.0 Å². The molecule has 0 aliphatic heterocycles. The van der Waals surface area contributed by atoms with E-state index in [-0.39, 0.29) is 12.5 Å². The normalized spacial score (nSPS) is 10.4. The van der Waals surface area contributed by atoms with Crippen LogP contribution in [0.15, 0.2) is 47.6 Å². The van der Waals surface area contributed by atoms with Gasteiger partial charge in [0.2, 0.25) is 0 Å². The number of aryl methyl sites for hydroxylation is 1. The molecule has 1 N–H and O–H groups in total. The van der Waals surface area contributed by atoms with E-state index in [2.05, 4.69) is 44.0 Å². The predicted octanol–water partition coefficient (Wildman–Crippen LogP) is 3.88. The summed E-state index contributed by atoms with van der Waals surface area (Å²) in [4.78, 5) is 21.0. The number of esters is 1. The highest BCUT2D eigenvalue weighted by molar-refractivity contribution is 7.97. The summed E-state index contributed by atoms with van der Waals surface area (Å²) in [6, 6.07) is 10.2. The van der Waals surface area contributed by atoms with E-state index in [1.165, 1.54) is 17.5 Å². The molecule has 8 heteroatoms. The first kappa shape index (κ1) is 22.3. The minimum absolute atomic E-state index is 0.189. The second-order valence-corrected chi connectivity index (χ2v) is 7.39. The number of thiol groups is 1. The van der Waals surface area contributed by atoms with Crippen molar-refractivity contribution in [2.24, 2.45) is 0 Å². The van der Waals surface area contributed by atoms with Crippen LogP contribution in [0.5, 0.6) is 0 Å². The van der Waals surface area contributed by atoms with Crippen molar-refractivity contribution in [3.8, 4) is 0 Å². The number of rotatable bonds is 7. The van der Waals surface area contributed by atoms with Crippen molar-refractivity contribution in [1.29, 1.82) is 0 Å². The van der Waals surface area contributed by atoms with E-state index in [0.717, 1.165) is 34.1 Å². The highest BCUT2D eigenvalue weighted by Gasteiger charge is 2.08. The molecule has 2 aromatic heterocycles. The fourth-order valence-electron chi connectivity index (χ4n) is 2.54. The van der Waals surface area contributed by atoms with E-state index in [9.17, 15) is 4.79 Å². The maximum atomic E-state index is 11.3. The predicted molar refractivity (Wildman–Crippen MR) is 118 cm³/mol. The van der Waals surface area contributed by atoms with Gasteiger partial charge in [0.05, 0.1) is 18.3 Å². The minimum Gasteiger partial charge on any atom is -0.465 e. The van der Waals surface area contributed by atoms with Gasteiger partial charge in [0.25, 0.3) is 0 Å². The van der Waals surface area contributed by atoms with E-state index >= 15 is 0 Å². The molecule has 0 aliphatic rings. The van der Waals surface area contributed by atoms with Gasteiger partial charge in [-0.1, -0.05) is 19.1 Å². The molecule has 150 valence electrons. The van der Waals surface area contributed by atoms with Crippen LogP contribution in [0.25, 0.3) is 11.0 Å². The number of carbonyl (C=O) groups excluding carboxylic acids is 1. The first-order valence-corrected chi connectivity index (χ1v) is 10.6. The van der Waals surface area contributed by atoms with Gasteiger partial charge < -0.3 is 9.30 Å². The zero-order valence-corrected chi connectivity index (χ0v) is 18.1. The molecule has 0 saturated heterocycles. The maximum absolute atomic E-state index is 11.3. The third-order valence-corrected chi connectivity index (χ3v) is 4.51. The highest BCUT2D eigenvalue weighted by atomic mass is 32.2. The molecule has 28 heavy (non-hydrogen) atoms. The Morgan fingerprint density at radius 1 is 1.25 bits per heavy atom. The van der Waals surface area contributed by atoms with Gasteiger partial charge in [0, 0.05) is 17.6 Å². The Hall–Kier alpha value is -2.03. The van der Waals surface area contributed by atoms with Gasteiger partial charge in [-0.3, -0.25) is 9.78 Å². The monoisotopic (exact) mass is 418 g/mol. The molecule has 0 fully saturated rings. The lowest BCUT2D eigenvalue weighted by Crippen LogP contribution is -2.19. The van der Waals surface area contributed by atoms with E-state index in [4.69, 9.17) is 4.74 Å². The van der Waals surface area contributed by atoms with Crippen LogP contribution in [0, 0.1) is 6.92 Å². The van der Waals surface area contributed by atoms with Crippen LogP contribution in [-0.4, -0.2) is 39.4 Å². The summed E-state index contributed by atoms with van der Waals surface area (Å²) in [6.45, 7) is 7.14. The van der Waals surface area contributed by atoms with Crippen LogP contribution in [0.3, 0.4) is 0 Å². The number of benzene rings is 1. The molecule has 2 heterocycles. The number of ether oxygens (including phenoxy) is 1. The molecule has 1 aromatic carbocycles. The number of aromatic nitrogens is 3. The zero-order chi connectivity index (χ0) is 20.4. The number of nitrogens with one attached hydrogen (secondary N) is 1. The van der Waals surface area contributed by atoms with Crippen molar-refractivity contribution in [1.82, 2.24) is 19.3 Å². The van der Waals surface area contributed by atoms with Crippen molar-refractivity contribution < 1.29 is 9.53 Å². The first-order valence-electron chi connectivity index (χ1n) is 9.11. The minimum atomic E-state index is -0.247. The smallest absolute Gasteiger partial charge is 0.320 e. The molecule has 0 amide bonds. The summed E-state index contributed by atoms with van der Waals surface area (Å²) in [7, 11) is 0. The van der Waals surface area contributed by atoms with Crippen molar-refractivity contribution in [2.75, 3.05) is 18.9 Å². The van der Waals surface area contributed by atoms with Gasteiger partial charge in [-0.15, -0.1) is 0 Å². The van der Waals surface area contributed by atoms with E-state index in [1.807, 2.05) is 32.0 Å². The number of imidazole rings is 1. The zero-order valence-electron chi connectivity index (χ0n) is 16.4. The summed E-state index contributed by atoms with van der Waals surface area (Å²) in [6.07, 6.45) is 3.57. The SMILES string of the molecule is CCOC(=O)CNSc1ccc(Cn2c(C)nc3cnccc32)cc1.CCS. The number of hydrogen-bond acceptors (Lipinski definition) is 7. The van der Waals surface area contributed by atoms with Gasteiger partial charge in [-0.2, -0.15) is 12.6 Å². The quantitative estimate of drug-likeness (QED) is 0.345. The van der Waals surface area contributed by atoms with E-state index in [1.54, 1.807) is 19.3 Å². The average Bonchev–Trinajstić information content (AvgIpc) is 2.99. The third-order valence-electron chi connectivity index (χ3n) is 3.72. The fourth-order valence-corrected chi connectivity index (χ4v) is 3.17. The Labute approximate surface area is 175 Å². The molecule has 0 radical (unpaired) electrons. The molecule has 0 aliphatic carbocycles. The van der Waals surface area contributed by atoms with Crippen LogP contribution in [0.4, 0.5) is 0 Å². The lowest BCUT2D eigenvalue weighted by Gasteiger charge is -2.08. The van der Waals surface area contributed by atoms with Gasteiger partial charge in [-0.25, -0.2) is 9.71 Å². The van der Waals surface area contributed by atoms with Crippen LogP contribution in [0.2, 0.25) is 0 Å². The molecule has 6 nitrogen and oxygen atoms in total. The Morgan fingerprint density at radius 2 is 1.96 bits per heavy atom. The standard InChI is InChI=1S/C18H20N4O2S.C2H6S/c1-3-24-18(23)11-20-25-15-6-4-14(5-7-15)12-22-13(2)21-16-10-19-9-8-17(16)22;1-2-3/h4-10,20H,3,11-12H2,1-2H3;3H,2H2,1H3. The summed E-state index contributed by atoms with van der Waals surface area (Å²) in [5, 5.41) is 0. The third kappa shape index (κ3) is 6.54. The molecule has 0 saturated carbocycles. The van der Waals surface area contributed by atoms with Gasteiger partial charge in [-0.05, 0) is 55.3 Å². The Bertz CT molecular complexity index is 882. The van der Waals surface area contributed by atoms with Crippen molar-refractivity contribution in [2.45, 2.75) is 32.2 Å². The van der Waals surface area contributed by atoms with Gasteiger partial charge >= 0.3 is 5.97 Å². The van der Waals surface area contributed by atoms with Crippen LogP contribution < -0.4 is 4.72 Å². The van der Waals surface area contributed by atoms with E-state index < -0.39 is 0 Å². The number of hydrogen-bond donors (Lipinski definition) is 2. The van der Waals surface area contributed by atoms with Crippen molar-refractivity contribution in [3.05, 3.63) is 54.1 Å². The lowest BCUT2D eigenvalue weighted by atomic mass is 10.2. The molecular formula is C20H26N4O2S2. The molecular weight excluding hydrogens is 392 g/mol. The number of fused-ring (bicyclic) bond motifs is 1.